The van der Waals surface area contributed by atoms with Crippen LogP contribution in [0.5, 0.6) is 11.5 Å². The van der Waals surface area contributed by atoms with Gasteiger partial charge in [-0.2, -0.15) is 4.31 Å². The molecule has 0 aliphatic carbocycles. The minimum atomic E-state index is -3.72. The van der Waals surface area contributed by atoms with Crippen molar-refractivity contribution in [2.45, 2.75) is 50.0 Å². The summed E-state index contributed by atoms with van der Waals surface area (Å²) in [6.07, 6.45) is 1.33. The topological polar surface area (TPSA) is 111 Å². The van der Waals surface area contributed by atoms with Crippen LogP contribution in [0, 0.1) is 0 Å². The highest BCUT2D eigenvalue weighted by molar-refractivity contribution is 7.89. The second kappa shape index (κ2) is 8.89. The van der Waals surface area contributed by atoms with Crippen molar-refractivity contribution in [2.24, 2.45) is 0 Å². The molecule has 0 radical (unpaired) electrons. The van der Waals surface area contributed by atoms with Crippen molar-refractivity contribution in [1.82, 2.24) is 14.5 Å². The van der Waals surface area contributed by atoms with E-state index in [0.29, 0.717) is 41.6 Å². The Hall–Kier alpha value is -3.02. The lowest BCUT2D eigenvalue weighted by Gasteiger charge is -2.23. The van der Waals surface area contributed by atoms with E-state index in [4.69, 9.17) is 9.47 Å². The van der Waals surface area contributed by atoms with E-state index in [1.54, 1.807) is 30.3 Å². The lowest BCUT2D eigenvalue weighted by Crippen LogP contribution is -2.30. The number of carbonyl (C=O) groups excluding carboxylic acids is 1. The van der Waals surface area contributed by atoms with Crippen molar-refractivity contribution in [3.8, 4) is 11.5 Å². The van der Waals surface area contributed by atoms with Gasteiger partial charge in [0.05, 0.1) is 10.9 Å². The van der Waals surface area contributed by atoms with Crippen LogP contribution < -0.4 is 14.8 Å². The van der Waals surface area contributed by atoms with E-state index in [0.717, 1.165) is 16.9 Å². The van der Waals surface area contributed by atoms with E-state index < -0.39 is 22.0 Å². The lowest BCUT2D eigenvalue weighted by atomic mass is 9.87. The van der Waals surface area contributed by atoms with E-state index in [9.17, 15) is 13.2 Å². The molecule has 2 aliphatic rings. The van der Waals surface area contributed by atoms with Crippen molar-refractivity contribution >= 4 is 33.0 Å². The number of sulfonamides is 1. The molecule has 1 N–H and O–H groups in total. The average molecular weight is 515 g/mol. The van der Waals surface area contributed by atoms with Crippen molar-refractivity contribution < 1.29 is 22.7 Å². The molecular formula is C24H26N4O5S2. The van der Waals surface area contributed by atoms with Gasteiger partial charge in [0.2, 0.25) is 21.8 Å². The summed E-state index contributed by atoms with van der Waals surface area (Å²) in [7, 11) is -3.72. The Bertz CT molecular complexity index is 1360. The standard InChI is InChI=1S/C24H26N4O5S2/c1-24(2,3)15-6-9-17(10-7-15)35(30,31)28-12-4-5-18(28)22-26-27-23(34-22)21(29)25-16-8-11-19-20(13-16)33-14-32-19/h6-11,13,18H,4-5,12,14H2,1-3H3,(H,25,29). The molecule has 2 aromatic carbocycles. The fourth-order valence-corrected chi connectivity index (χ4v) is 6.77. The molecular weight excluding hydrogens is 488 g/mol. The van der Waals surface area contributed by atoms with Crippen molar-refractivity contribution in [3.05, 3.63) is 58.0 Å². The third kappa shape index (κ3) is 4.63. The largest absolute Gasteiger partial charge is 0.454 e. The predicted molar refractivity (Wildman–Crippen MR) is 131 cm³/mol. The van der Waals surface area contributed by atoms with E-state index in [1.165, 1.54) is 4.31 Å². The fraction of sp³-hybridized carbons (Fsp3) is 0.375. The van der Waals surface area contributed by atoms with Crippen LogP contribution in [0.4, 0.5) is 5.69 Å². The number of rotatable bonds is 5. The first-order chi connectivity index (χ1) is 16.6. The minimum absolute atomic E-state index is 0.0669. The van der Waals surface area contributed by atoms with Gasteiger partial charge in [0.15, 0.2) is 11.5 Å². The Morgan fingerprint density at radius 3 is 2.57 bits per heavy atom. The molecule has 3 aromatic rings. The molecule has 1 atom stereocenters. The fourth-order valence-electron chi connectivity index (χ4n) is 4.16. The molecule has 35 heavy (non-hydrogen) atoms. The van der Waals surface area contributed by atoms with Gasteiger partial charge in [-0.3, -0.25) is 4.79 Å². The van der Waals surface area contributed by atoms with Crippen LogP contribution in [-0.4, -0.2) is 42.2 Å². The van der Waals surface area contributed by atoms with Crippen LogP contribution in [-0.2, 0) is 15.4 Å². The summed E-state index contributed by atoms with van der Waals surface area (Å²) in [5.74, 6) is 0.762. The molecule has 0 bridgehead atoms. The van der Waals surface area contributed by atoms with Gasteiger partial charge < -0.3 is 14.8 Å². The molecule has 2 aliphatic heterocycles. The first-order valence-corrected chi connectivity index (χ1v) is 13.6. The highest BCUT2D eigenvalue weighted by Crippen LogP contribution is 2.38. The maximum absolute atomic E-state index is 13.4. The zero-order valence-corrected chi connectivity index (χ0v) is 21.3. The second-order valence-corrected chi connectivity index (χ2v) is 12.4. The lowest BCUT2D eigenvalue weighted by molar-refractivity contribution is 0.102. The normalized spacial score (nSPS) is 18.1. The van der Waals surface area contributed by atoms with Crippen molar-refractivity contribution in [1.29, 1.82) is 0 Å². The molecule has 11 heteroatoms. The number of amides is 1. The highest BCUT2D eigenvalue weighted by atomic mass is 32.2. The Morgan fingerprint density at radius 2 is 1.83 bits per heavy atom. The summed E-state index contributed by atoms with van der Waals surface area (Å²) in [6, 6.07) is 11.7. The molecule has 0 saturated carbocycles. The Morgan fingerprint density at radius 1 is 1.09 bits per heavy atom. The second-order valence-electron chi connectivity index (χ2n) is 9.52. The smallest absolute Gasteiger partial charge is 0.286 e. The van der Waals surface area contributed by atoms with Gasteiger partial charge in [-0.25, -0.2) is 8.42 Å². The molecule has 1 saturated heterocycles. The monoisotopic (exact) mass is 514 g/mol. The number of ether oxygens (including phenoxy) is 2. The molecule has 1 aromatic heterocycles. The maximum Gasteiger partial charge on any atom is 0.286 e. The summed E-state index contributed by atoms with van der Waals surface area (Å²) in [5, 5.41) is 11.7. The van der Waals surface area contributed by atoms with Gasteiger partial charge in [-0.15, -0.1) is 10.2 Å². The van der Waals surface area contributed by atoms with Gasteiger partial charge in [-0.1, -0.05) is 44.2 Å². The number of hydrogen-bond donors (Lipinski definition) is 1. The Kier molecular flexibility index (Phi) is 6.02. The van der Waals surface area contributed by atoms with Gasteiger partial charge in [0.25, 0.3) is 5.91 Å². The quantitative estimate of drug-likeness (QED) is 0.539. The number of nitrogens with one attached hydrogen (secondary N) is 1. The van der Waals surface area contributed by atoms with Crippen molar-refractivity contribution in [3.63, 3.8) is 0 Å². The van der Waals surface area contributed by atoms with Gasteiger partial charge in [0, 0.05) is 18.3 Å². The maximum atomic E-state index is 13.4. The van der Waals surface area contributed by atoms with E-state index in [1.807, 2.05) is 12.1 Å². The molecule has 184 valence electrons. The van der Waals surface area contributed by atoms with E-state index in [-0.39, 0.29) is 22.1 Å². The van der Waals surface area contributed by atoms with Crippen LogP contribution in [0.1, 0.15) is 60.0 Å². The summed E-state index contributed by atoms with van der Waals surface area (Å²) < 4.78 is 39.0. The van der Waals surface area contributed by atoms with E-state index in [2.05, 4.69) is 36.3 Å². The van der Waals surface area contributed by atoms with Gasteiger partial charge in [0.1, 0.15) is 5.01 Å². The van der Waals surface area contributed by atoms with Crippen LogP contribution in [0.2, 0.25) is 0 Å². The summed E-state index contributed by atoms with van der Waals surface area (Å²) in [5.41, 5.74) is 1.54. The molecule has 1 unspecified atom stereocenters. The Labute approximate surface area is 208 Å². The average Bonchev–Trinajstić information content (AvgIpc) is 3.58. The van der Waals surface area contributed by atoms with Crippen LogP contribution in [0.3, 0.4) is 0 Å². The zero-order chi connectivity index (χ0) is 24.8. The molecule has 3 heterocycles. The van der Waals surface area contributed by atoms with E-state index >= 15 is 0 Å². The van der Waals surface area contributed by atoms with Gasteiger partial charge >= 0.3 is 0 Å². The molecule has 5 rings (SSSR count). The number of aromatic nitrogens is 2. The first kappa shape index (κ1) is 23.7. The first-order valence-electron chi connectivity index (χ1n) is 11.3. The van der Waals surface area contributed by atoms with Gasteiger partial charge in [-0.05, 0) is 48.1 Å². The third-order valence-corrected chi connectivity index (χ3v) is 9.03. The molecule has 1 amide bonds. The summed E-state index contributed by atoms with van der Waals surface area (Å²) in [4.78, 5) is 13.0. The highest BCUT2D eigenvalue weighted by Gasteiger charge is 2.38. The predicted octanol–water partition coefficient (Wildman–Crippen LogP) is 4.34. The molecule has 0 spiro atoms. The molecule has 9 nitrogen and oxygen atoms in total. The number of anilines is 1. The van der Waals surface area contributed by atoms with Crippen LogP contribution >= 0.6 is 11.3 Å². The van der Waals surface area contributed by atoms with Crippen LogP contribution in [0.25, 0.3) is 0 Å². The number of hydrogen-bond acceptors (Lipinski definition) is 8. The SMILES string of the molecule is CC(C)(C)c1ccc(S(=O)(=O)N2CCCC2c2nnc(C(=O)Nc3ccc4c(c3)OCO4)s2)cc1. The number of carbonyl (C=O) groups is 1. The minimum Gasteiger partial charge on any atom is -0.454 e. The summed E-state index contributed by atoms with van der Waals surface area (Å²) >= 11 is 1.11. The number of nitrogens with zero attached hydrogens (tertiary/aromatic N) is 3. The zero-order valence-electron chi connectivity index (χ0n) is 19.6. The molecule has 1 fully saturated rings. The van der Waals surface area contributed by atoms with Crippen LogP contribution in [0.15, 0.2) is 47.4 Å². The van der Waals surface area contributed by atoms with Crippen molar-refractivity contribution in [2.75, 3.05) is 18.7 Å². The third-order valence-electron chi connectivity index (χ3n) is 6.08. The number of fused-ring (bicyclic) bond motifs is 1. The summed E-state index contributed by atoms with van der Waals surface area (Å²) in [6.45, 7) is 6.80. The number of benzene rings is 2. The Balaban J connectivity index is 1.33.